The Morgan fingerprint density at radius 2 is 2.12 bits per heavy atom. The molecule has 1 saturated carbocycles. The lowest BCUT2D eigenvalue weighted by Gasteiger charge is -2.34. The van der Waals surface area contributed by atoms with E-state index in [1.165, 1.54) is 43.2 Å². The summed E-state index contributed by atoms with van der Waals surface area (Å²) in [4.78, 5) is 0. The highest BCUT2D eigenvalue weighted by Gasteiger charge is 2.31. The topological polar surface area (TPSA) is 20.2 Å². The Kier molecular flexibility index (Phi) is 4.04. The van der Waals surface area contributed by atoms with Gasteiger partial charge in [0.1, 0.15) is 0 Å². The van der Waals surface area contributed by atoms with Crippen LogP contribution in [0.25, 0.3) is 0 Å². The fourth-order valence-electron chi connectivity index (χ4n) is 3.06. The monoisotopic (exact) mass is 238 g/mol. The lowest BCUT2D eigenvalue weighted by atomic mass is 9.73. The minimum atomic E-state index is -0.225. The van der Waals surface area contributed by atoms with Crippen molar-refractivity contribution in [3.8, 4) is 0 Å². The van der Waals surface area contributed by atoms with E-state index >= 15 is 0 Å². The first kappa shape index (κ1) is 12.1. The Morgan fingerprint density at radius 1 is 1.38 bits per heavy atom. The number of aryl methyl sites for hydroxylation is 1. The van der Waals surface area contributed by atoms with Gasteiger partial charge in [0.15, 0.2) is 0 Å². The Bertz CT molecular complexity index is 331. The summed E-state index contributed by atoms with van der Waals surface area (Å²) in [6, 6.07) is 0. The van der Waals surface area contributed by atoms with Crippen LogP contribution < -0.4 is 0 Å². The lowest BCUT2D eigenvalue weighted by Crippen LogP contribution is -2.25. The van der Waals surface area contributed by atoms with E-state index in [9.17, 15) is 5.11 Å². The highest BCUT2D eigenvalue weighted by atomic mass is 32.1. The summed E-state index contributed by atoms with van der Waals surface area (Å²) in [5, 5.41) is 14.8. The van der Waals surface area contributed by atoms with E-state index in [0.717, 1.165) is 5.92 Å². The first-order chi connectivity index (χ1) is 7.74. The van der Waals surface area contributed by atoms with E-state index in [-0.39, 0.29) is 6.10 Å². The predicted molar refractivity (Wildman–Crippen MR) is 69.8 cm³/mol. The minimum absolute atomic E-state index is 0.225. The van der Waals surface area contributed by atoms with Crippen LogP contribution in [0.4, 0.5) is 0 Å². The molecule has 3 unspecified atom stereocenters. The first-order valence-electron chi connectivity index (χ1n) is 6.44. The van der Waals surface area contributed by atoms with E-state index in [0.29, 0.717) is 5.92 Å². The molecule has 1 heterocycles. The fourth-order valence-corrected chi connectivity index (χ4v) is 3.94. The Morgan fingerprint density at radius 3 is 2.75 bits per heavy atom. The van der Waals surface area contributed by atoms with Gasteiger partial charge in [0, 0.05) is 0 Å². The molecule has 2 heteroatoms. The maximum absolute atomic E-state index is 10.5. The standard InChI is InChI=1S/C14H22OS/c1-3-11-6-4-5-7-12(11)14(15)13-9-16-8-10(13)2/h8-9,11-12,14-15H,3-7H2,1-2H3. The normalized spacial score (nSPS) is 27.9. The number of hydrogen-bond acceptors (Lipinski definition) is 2. The van der Waals surface area contributed by atoms with Crippen LogP contribution in [0.1, 0.15) is 56.3 Å². The predicted octanol–water partition coefficient (Wildman–Crippen LogP) is 4.31. The van der Waals surface area contributed by atoms with E-state index in [2.05, 4.69) is 24.6 Å². The molecule has 1 nitrogen and oxygen atoms in total. The molecule has 0 radical (unpaired) electrons. The largest absolute Gasteiger partial charge is 0.388 e. The van der Waals surface area contributed by atoms with Gasteiger partial charge >= 0.3 is 0 Å². The van der Waals surface area contributed by atoms with Crippen LogP contribution in [-0.4, -0.2) is 5.11 Å². The Hall–Kier alpha value is -0.340. The number of rotatable bonds is 3. The minimum Gasteiger partial charge on any atom is -0.388 e. The molecule has 3 atom stereocenters. The highest BCUT2D eigenvalue weighted by Crippen LogP contribution is 2.41. The SMILES string of the molecule is CCC1CCCCC1C(O)c1cscc1C. The van der Waals surface area contributed by atoms with Crippen molar-refractivity contribution >= 4 is 11.3 Å². The molecule has 0 bridgehead atoms. The summed E-state index contributed by atoms with van der Waals surface area (Å²) in [6.07, 6.45) is 6.14. The van der Waals surface area contributed by atoms with Gasteiger partial charge in [-0.3, -0.25) is 0 Å². The summed E-state index contributed by atoms with van der Waals surface area (Å²) in [5.74, 6) is 1.22. The molecule has 0 amide bonds. The second kappa shape index (κ2) is 5.33. The molecule has 1 fully saturated rings. The van der Waals surface area contributed by atoms with Gasteiger partial charge in [0.05, 0.1) is 6.10 Å². The summed E-state index contributed by atoms with van der Waals surface area (Å²) in [6.45, 7) is 4.37. The van der Waals surface area contributed by atoms with E-state index in [4.69, 9.17) is 0 Å². The van der Waals surface area contributed by atoms with Crippen molar-refractivity contribution in [3.05, 3.63) is 21.9 Å². The van der Waals surface area contributed by atoms with Gasteiger partial charge in [-0.1, -0.05) is 32.6 Å². The number of thiophene rings is 1. The molecule has 0 aliphatic heterocycles. The van der Waals surface area contributed by atoms with Gasteiger partial charge in [-0.15, -0.1) is 0 Å². The second-order valence-corrected chi connectivity index (χ2v) is 5.82. The zero-order chi connectivity index (χ0) is 11.5. The Balaban J connectivity index is 2.13. The van der Waals surface area contributed by atoms with E-state index in [1.54, 1.807) is 11.3 Å². The van der Waals surface area contributed by atoms with Crippen molar-refractivity contribution in [2.75, 3.05) is 0 Å². The maximum Gasteiger partial charge on any atom is 0.0831 e. The molecule has 1 N–H and O–H groups in total. The number of aliphatic hydroxyl groups excluding tert-OH is 1. The highest BCUT2D eigenvalue weighted by molar-refractivity contribution is 7.08. The van der Waals surface area contributed by atoms with Crippen LogP contribution in [0.2, 0.25) is 0 Å². The third kappa shape index (κ3) is 2.33. The number of hydrogen-bond donors (Lipinski definition) is 1. The summed E-state index contributed by atoms with van der Waals surface area (Å²) in [7, 11) is 0. The zero-order valence-corrected chi connectivity index (χ0v) is 11.1. The van der Waals surface area contributed by atoms with E-state index in [1.807, 2.05) is 0 Å². The molecular formula is C14H22OS. The molecule has 1 aromatic heterocycles. The summed E-state index contributed by atoms with van der Waals surface area (Å²) < 4.78 is 0. The van der Waals surface area contributed by atoms with Crippen molar-refractivity contribution in [1.29, 1.82) is 0 Å². The average Bonchev–Trinajstić information content (AvgIpc) is 2.74. The van der Waals surface area contributed by atoms with Gasteiger partial charge in [-0.25, -0.2) is 0 Å². The van der Waals surface area contributed by atoms with Crippen molar-refractivity contribution in [1.82, 2.24) is 0 Å². The third-order valence-corrected chi connectivity index (χ3v) is 4.99. The van der Waals surface area contributed by atoms with E-state index < -0.39 is 0 Å². The molecule has 1 aliphatic rings. The van der Waals surface area contributed by atoms with Gasteiger partial charge in [-0.05, 0) is 47.1 Å². The van der Waals surface area contributed by atoms with Crippen LogP contribution in [0.5, 0.6) is 0 Å². The molecule has 0 saturated heterocycles. The summed E-state index contributed by atoms with van der Waals surface area (Å²) >= 11 is 1.71. The van der Waals surface area contributed by atoms with Crippen LogP contribution in [0.3, 0.4) is 0 Å². The summed E-state index contributed by atoms with van der Waals surface area (Å²) in [5.41, 5.74) is 2.44. The molecule has 0 spiro atoms. The molecule has 1 aliphatic carbocycles. The fraction of sp³-hybridized carbons (Fsp3) is 0.714. The third-order valence-electron chi connectivity index (χ3n) is 4.11. The van der Waals surface area contributed by atoms with Crippen LogP contribution in [0.15, 0.2) is 10.8 Å². The van der Waals surface area contributed by atoms with Gasteiger partial charge < -0.3 is 5.11 Å². The lowest BCUT2D eigenvalue weighted by molar-refractivity contribution is 0.0451. The number of aliphatic hydroxyl groups is 1. The van der Waals surface area contributed by atoms with Crippen LogP contribution >= 0.6 is 11.3 Å². The van der Waals surface area contributed by atoms with Gasteiger partial charge in [0.2, 0.25) is 0 Å². The van der Waals surface area contributed by atoms with Crippen molar-refractivity contribution in [2.24, 2.45) is 11.8 Å². The molecule has 16 heavy (non-hydrogen) atoms. The van der Waals surface area contributed by atoms with Crippen molar-refractivity contribution < 1.29 is 5.11 Å². The van der Waals surface area contributed by atoms with Gasteiger partial charge in [0.25, 0.3) is 0 Å². The molecular weight excluding hydrogens is 216 g/mol. The average molecular weight is 238 g/mol. The van der Waals surface area contributed by atoms with Gasteiger partial charge in [-0.2, -0.15) is 11.3 Å². The molecule has 0 aromatic carbocycles. The quantitative estimate of drug-likeness (QED) is 0.832. The van der Waals surface area contributed by atoms with Crippen molar-refractivity contribution in [3.63, 3.8) is 0 Å². The van der Waals surface area contributed by atoms with Crippen LogP contribution in [-0.2, 0) is 0 Å². The molecule has 2 rings (SSSR count). The molecule has 90 valence electrons. The second-order valence-electron chi connectivity index (χ2n) is 5.07. The zero-order valence-electron chi connectivity index (χ0n) is 10.3. The first-order valence-corrected chi connectivity index (χ1v) is 7.39. The maximum atomic E-state index is 10.5. The van der Waals surface area contributed by atoms with Crippen LogP contribution in [0, 0.1) is 18.8 Å². The molecule has 1 aromatic rings. The van der Waals surface area contributed by atoms with Crippen molar-refractivity contribution in [2.45, 2.75) is 52.1 Å². The smallest absolute Gasteiger partial charge is 0.0831 e. The Labute approximate surface area is 103 Å².